The van der Waals surface area contributed by atoms with Crippen molar-refractivity contribution < 1.29 is 19.0 Å². The van der Waals surface area contributed by atoms with Crippen LogP contribution in [-0.4, -0.2) is 27.0 Å². The molecule has 2 N–H and O–H groups in total. The number of benzene rings is 2. The Hall–Kier alpha value is -2.60. The summed E-state index contributed by atoms with van der Waals surface area (Å²) in [5.74, 6) is 1.64. The van der Waals surface area contributed by atoms with Crippen molar-refractivity contribution in [3.8, 4) is 17.2 Å². The lowest BCUT2D eigenvalue weighted by Gasteiger charge is -2.16. The molecule has 0 saturated carbocycles. The lowest BCUT2D eigenvalue weighted by atomic mass is 10.1. The standard InChI is InChI=1S/C19H23ClN2O4/c1-11-6-7-12(2)18(13(11)3)26-10-21-19(23)22-15-9-16(24-4)14(20)8-17(15)25-5/h6-9H,10H2,1-5H3,(H2,21,22,23). The summed E-state index contributed by atoms with van der Waals surface area (Å²) >= 11 is 6.06. The number of amides is 2. The maximum absolute atomic E-state index is 12.2. The molecule has 0 aromatic heterocycles. The van der Waals surface area contributed by atoms with Crippen LogP contribution in [0.15, 0.2) is 24.3 Å². The minimum absolute atomic E-state index is 0.0318. The summed E-state index contributed by atoms with van der Waals surface area (Å²) in [7, 11) is 2.99. The summed E-state index contributed by atoms with van der Waals surface area (Å²) in [5, 5.41) is 5.74. The number of hydrogen-bond acceptors (Lipinski definition) is 4. The molecular formula is C19H23ClN2O4. The number of hydrogen-bond donors (Lipinski definition) is 2. The van der Waals surface area contributed by atoms with Gasteiger partial charge in [0.1, 0.15) is 17.2 Å². The van der Waals surface area contributed by atoms with E-state index in [9.17, 15) is 4.79 Å². The number of halogens is 1. The molecule has 2 amide bonds. The first-order valence-corrected chi connectivity index (χ1v) is 8.41. The van der Waals surface area contributed by atoms with Crippen molar-refractivity contribution in [3.63, 3.8) is 0 Å². The van der Waals surface area contributed by atoms with Gasteiger partial charge in [0.25, 0.3) is 0 Å². The van der Waals surface area contributed by atoms with Gasteiger partial charge in [0.15, 0.2) is 6.73 Å². The number of anilines is 1. The minimum Gasteiger partial charge on any atom is -0.495 e. The van der Waals surface area contributed by atoms with Crippen LogP contribution in [0.3, 0.4) is 0 Å². The summed E-state index contributed by atoms with van der Waals surface area (Å²) in [6, 6.07) is 6.76. The SMILES string of the molecule is COc1cc(NC(=O)NCOc2c(C)ccc(C)c2C)c(OC)cc1Cl. The average molecular weight is 379 g/mol. The highest BCUT2D eigenvalue weighted by Gasteiger charge is 2.13. The predicted octanol–water partition coefficient (Wildman–Crippen LogP) is 4.44. The lowest BCUT2D eigenvalue weighted by molar-refractivity contribution is 0.234. The monoisotopic (exact) mass is 378 g/mol. The molecule has 0 radical (unpaired) electrons. The molecule has 0 fully saturated rings. The van der Waals surface area contributed by atoms with E-state index in [1.54, 1.807) is 12.1 Å². The van der Waals surface area contributed by atoms with Crippen molar-refractivity contribution in [1.82, 2.24) is 5.32 Å². The average Bonchev–Trinajstić information content (AvgIpc) is 2.62. The largest absolute Gasteiger partial charge is 0.495 e. The summed E-state index contributed by atoms with van der Waals surface area (Å²) in [4.78, 5) is 12.2. The lowest BCUT2D eigenvalue weighted by Crippen LogP contribution is -2.32. The van der Waals surface area contributed by atoms with Crippen LogP contribution in [0.25, 0.3) is 0 Å². The van der Waals surface area contributed by atoms with Gasteiger partial charge in [0.2, 0.25) is 0 Å². The van der Waals surface area contributed by atoms with Crippen LogP contribution < -0.4 is 24.8 Å². The van der Waals surface area contributed by atoms with Gasteiger partial charge >= 0.3 is 6.03 Å². The Balaban J connectivity index is 2.01. The van der Waals surface area contributed by atoms with Crippen LogP contribution in [0.5, 0.6) is 17.2 Å². The molecule has 0 saturated heterocycles. The Morgan fingerprint density at radius 3 is 2.35 bits per heavy atom. The van der Waals surface area contributed by atoms with Gasteiger partial charge in [0, 0.05) is 12.1 Å². The van der Waals surface area contributed by atoms with Crippen molar-refractivity contribution in [2.24, 2.45) is 0 Å². The van der Waals surface area contributed by atoms with Gasteiger partial charge in [-0.05, 0) is 37.5 Å². The predicted molar refractivity (Wildman–Crippen MR) is 103 cm³/mol. The third-order valence-electron chi connectivity index (χ3n) is 4.04. The van der Waals surface area contributed by atoms with Crippen molar-refractivity contribution in [2.45, 2.75) is 20.8 Å². The molecule has 140 valence electrons. The Morgan fingerprint density at radius 1 is 1.04 bits per heavy atom. The maximum Gasteiger partial charge on any atom is 0.321 e. The fourth-order valence-electron chi connectivity index (χ4n) is 2.45. The molecule has 6 nitrogen and oxygen atoms in total. The second-order valence-electron chi connectivity index (χ2n) is 5.76. The number of carbonyl (C=O) groups excluding carboxylic acids is 1. The molecule has 0 aliphatic carbocycles. The number of carbonyl (C=O) groups is 1. The van der Waals surface area contributed by atoms with Crippen LogP contribution in [0.2, 0.25) is 5.02 Å². The van der Waals surface area contributed by atoms with Crippen LogP contribution >= 0.6 is 11.6 Å². The Labute approximate surface area is 158 Å². The molecule has 0 aliphatic heterocycles. The Kier molecular flexibility index (Phi) is 6.58. The zero-order valence-electron chi connectivity index (χ0n) is 15.5. The third-order valence-corrected chi connectivity index (χ3v) is 4.34. The normalized spacial score (nSPS) is 10.2. The number of urea groups is 1. The Bertz CT molecular complexity index is 809. The molecule has 26 heavy (non-hydrogen) atoms. The van der Waals surface area contributed by atoms with Crippen LogP contribution in [0.4, 0.5) is 10.5 Å². The molecule has 7 heteroatoms. The van der Waals surface area contributed by atoms with Gasteiger partial charge in [0.05, 0.1) is 24.9 Å². The van der Waals surface area contributed by atoms with E-state index in [1.165, 1.54) is 14.2 Å². The fraction of sp³-hybridized carbons (Fsp3) is 0.316. The van der Waals surface area contributed by atoms with E-state index in [2.05, 4.69) is 10.6 Å². The molecular weight excluding hydrogens is 356 g/mol. The first-order chi connectivity index (χ1) is 12.4. The molecule has 0 unspecified atom stereocenters. The van der Waals surface area contributed by atoms with E-state index in [-0.39, 0.29) is 6.73 Å². The molecule has 2 rings (SSSR count). The van der Waals surface area contributed by atoms with Gasteiger partial charge in [-0.3, -0.25) is 0 Å². The van der Waals surface area contributed by atoms with E-state index in [1.807, 2.05) is 32.9 Å². The molecule has 0 heterocycles. The van der Waals surface area contributed by atoms with Crippen LogP contribution in [0, 0.1) is 20.8 Å². The molecule has 0 bridgehead atoms. The molecule has 2 aromatic carbocycles. The zero-order chi connectivity index (χ0) is 19.3. The number of aryl methyl sites for hydroxylation is 2. The second kappa shape index (κ2) is 8.67. The van der Waals surface area contributed by atoms with Gasteiger partial charge < -0.3 is 24.8 Å². The van der Waals surface area contributed by atoms with Crippen LogP contribution in [-0.2, 0) is 0 Å². The van der Waals surface area contributed by atoms with E-state index < -0.39 is 6.03 Å². The van der Waals surface area contributed by atoms with Gasteiger partial charge in [-0.15, -0.1) is 0 Å². The molecule has 0 atom stereocenters. The highest BCUT2D eigenvalue weighted by atomic mass is 35.5. The van der Waals surface area contributed by atoms with E-state index in [4.69, 9.17) is 25.8 Å². The van der Waals surface area contributed by atoms with E-state index >= 15 is 0 Å². The highest BCUT2D eigenvalue weighted by molar-refractivity contribution is 6.32. The smallest absolute Gasteiger partial charge is 0.321 e. The molecule has 2 aromatic rings. The number of methoxy groups -OCH3 is 2. The van der Waals surface area contributed by atoms with Crippen molar-refractivity contribution in [1.29, 1.82) is 0 Å². The topological polar surface area (TPSA) is 68.8 Å². The molecule has 0 aliphatic rings. The van der Waals surface area contributed by atoms with E-state index in [0.717, 1.165) is 22.4 Å². The minimum atomic E-state index is -0.435. The third kappa shape index (κ3) is 4.52. The van der Waals surface area contributed by atoms with E-state index in [0.29, 0.717) is 22.2 Å². The van der Waals surface area contributed by atoms with Crippen molar-refractivity contribution >= 4 is 23.3 Å². The van der Waals surface area contributed by atoms with Crippen LogP contribution in [0.1, 0.15) is 16.7 Å². The highest BCUT2D eigenvalue weighted by Crippen LogP contribution is 2.35. The number of nitrogens with one attached hydrogen (secondary N) is 2. The number of ether oxygens (including phenoxy) is 3. The van der Waals surface area contributed by atoms with Crippen molar-refractivity contribution in [3.05, 3.63) is 46.0 Å². The first kappa shape index (κ1) is 19.7. The quantitative estimate of drug-likeness (QED) is 0.729. The summed E-state index contributed by atoms with van der Waals surface area (Å²) in [5.41, 5.74) is 3.64. The fourth-order valence-corrected chi connectivity index (χ4v) is 2.68. The summed E-state index contributed by atoms with van der Waals surface area (Å²) < 4.78 is 16.1. The maximum atomic E-state index is 12.2. The van der Waals surface area contributed by atoms with Gasteiger partial charge in [-0.25, -0.2) is 4.79 Å². The Morgan fingerprint density at radius 2 is 1.69 bits per heavy atom. The zero-order valence-corrected chi connectivity index (χ0v) is 16.3. The molecule has 0 spiro atoms. The van der Waals surface area contributed by atoms with Crippen molar-refractivity contribution in [2.75, 3.05) is 26.3 Å². The van der Waals surface area contributed by atoms with Gasteiger partial charge in [-0.2, -0.15) is 0 Å². The summed E-state index contributed by atoms with van der Waals surface area (Å²) in [6.07, 6.45) is 0. The second-order valence-corrected chi connectivity index (χ2v) is 6.17. The summed E-state index contributed by atoms with van der Waals surface area (Å²) in [6.45, 7) is 6.00. The number of rotatable bonds is 6. The van der Waals surface area contributed by atoms with Gasteiger partial charge in [-0.1, -0.05) is 23.7 Å². The first-order valence-electron chi connectivity index (χ1n) is 8.03.